The van der Waals surface area contributed by atoms with Crippen molar-refractivity contribution < 1.29 is 45.7 Å². The van der Waals surface area contributed by atoms with Gasteiger partial charge in [0.1, 0.15) is 27.7 Å². The van der Waals surface area contributed by atoms with E-state index in [4.69, 9.17) is 29.8 Å². The van der Waals surface area contributed by atoms with Gasteiger partial charge in [0, 0.05) is 25.2 Å². The molecule has 0 saturated carbocycles. The highest BCUT2D eigenvalue weighted by molar-refractivity contribution is 7.94. The zero-order valence-electron chi connectivity index (χ0n) is 38.9. The minimum absolute atomic E-state index is 0.0916. The predicted octanol–water partition coefficient (Wildman–Crippen LogP) is 6.07. The number of aliphatic hydroxyl groups excluding tert-OH is 1. The van der Waals surface area contributed by atoms with Gasteiger partial charge < -0.3 is 39.7 Å². The van der Waals surface area contributed by atoms with Gasteiger partial charge in [0.2, 0.25) is 15.8 Å². The number of tetrazole rings is 1. The summed E-state index contributed by atoms with van der Waals surface area (Å²) in [6.45, 7) is 3.69. The third kappa shape index (κ3) is 10.2. The Hall–Kier alpha value is -7.07. The van der Waals surface area contributed by atoms with Gasteiger partial charge in [-0.05, 0) is 103 Å². The smallest absolute Gasteiger partial charge is 0.410 e. The van der Waals surface area contributed by atoms with Crippen LogP contribution in [0.15, 0.2) is 113 Å². The summed E-state index contributed by atoms with van der Waals surface area (Å²) in [5, 5.41) is 22.7. The molecule has 1 amide bonds. The molecule has 69 heavy (non-hydrogen) atoms. The first-order valence-corrected chi connectivity index (χ1v) is 24.8. The van der Waals surface area contributed by atoms with Crippen molar-refractivity contribution in [2.45, 2.75) is 73.5 Å². The molecule has 19 nitrogen and oxygen atoms in total. The Morgan fingerprint density at radius 2 is 1.39 bits per heavy atom. The van der Waals surface area contributed by atoms with Gasteiger partial charge in [-0.25, -0.2) is 26.6 Å². The van der Waals surface area contributed by atoms with Gasteiger partial charge in [-0.2, -0.15) is 9.10 Å². The van der Waals surface area contributed by atoms with Crippen LogP contribution in [0.25, 0.3) is 33.5 Å². The van der Waals surface area contributed by atoms with E-state index in [1.54, 1.807) is 107 Å². The highest BCUT2D eigenvalue weighted by Crippen LogP contribution is 2.45. The molecule has 8 rings (SSSR count). The van der Waals surface area contributed by atoms with Crippen molar-refractivity contribution in [2.75, 3.05) is 40.2 Å². The lowest BCUT2D eigenvalue weighted by Crippen LogP contribution is -2.41. The fourth-order valence-corrected chi connectivity index (χ4v) is 12.4. The SMILES string of the molecule is COc1ccc(CN(Cc2ccc(OC)cc2)S(=O)(=O)c2c(S(=O)(=O)C3CC(CO)N(C(=O)OC(C)(C)C)C3)ccc(-c3cccc4[nH]c(N)nc34)c2-c2nnn(Cc3ccc(OC)cc3)n2)cc1. The summed E-state index contributed by atoms with van der Waals surface area (Å²) in [6, 6.07) is 27.8. The number of anilines is 1. The lowest BCUT2D eigenvalue weighted by atomic mass is 9.98. The Balaban J connectivity index is 1.39. The normalized spacial score (nSPS) is 15.4. The molecule has 0 bridgehead atoms. The summed E-state index contributed by atoms with van der Waals surface area (Å²) in [5.74, 6) is 1.60. The molecule has 2 unspecified atom stereocenters. The van der Waals surface area contributed by atoms with Crippen LogP contribution in [-0.4, -0.2) is 119 Å². The van der Waals surface area contributed by atoms with Crippen molar-refractivity contribution in [1.82, 2.24) is 39.4 Å². The van der Waals surface area contributed by atoms with Crippen LogP contribution in [0.4, 0.5) is 10.7 Å². The fourth-order valence-electron chi connectivity index (χ4n) is 8.28. The van der Waals surface area contributed by atoms with Crippen molar-refractivity contribution in [1.29, 1.82) is 0 Å². The Bertz CT molecular complexity index is 3140. The molecule has 1 aliphatic heterocycles. The number of carbonyl (C=O) groups excluding carboxylic acids is 1. The van der Waals surface area contributed by atoms with Crippen molar-refractivity contribution >= 4 is 42.9 Å². The maximum Gasteiger partial charge on any atom is 0.410 e. The molecule has 1 saturated heterocycles. The summed E-state index contributed by atoms with van der Waals surface area (Å²) in [6.07, 6.45) is -1.05. The summed E-state index contributed by atoms with van der Waals surface area (Å²) >= 11 is 0. The quantitative estimate of drug-likeness (QED) is 0.0994. The third-order valence-corrected chi connectivity index (χ3v) is 15.9. The monoisotopic (exact) mass is 979 g/mol. The summed E-state index contributed by atoms with van der Waals surface area (Å²) < 4.78 is 86.6. The number of aromatic nitrogens is 6. The molecule has 0 spiro atoms. The zero-order valence-corrected chi connectivity index (χ0v) is 40.5. The summed E-state index contributed by atoms with van der Waals surface area (Å²) in [5.41, 5.74) is 8.43. The van der Waals surface area contributed by atoms with Gasteiger partial charge in [0.25, 0.3) is 0 Å². The number of H-pyrrole nitrogens is 1. The van der Waals surface area contributed by atoms with Crippen LogP contribution < -0.4 is 19.9 Å². The topological polar surface area (TPSA) is 247 Å². The van der Waals surface area contributed by atoms with Crippen molar-refractivity contribution in [2.24, 2.45) is 0 Å². The number of sulfone groups is 1. The molecule has 7 aromatic rings. The lowest BCUT2D eigenvalue weighted by molar-refractivity contribution is 0.0176. The molecular formula is C48H53N9O10S2. The molecule has 0 aliphatic carbocycles. The lowest BCUT2D eigenvalue weighted by Gasteiger charge is -2.28. The summed E-state index contributed by atoms with van der Waals surface area (Å²) in [7, 11) is -5.17. The predicted molar refractivity (Wildman–Crippen MR) is 257 cm³/mol. The number of nitrogens with one attached hydrogen (secondary N) is 1. The van der Waals surface area contributed by atoms with E-state index in [-0.39, 0.29) is 49.0 Å². The number of rotatable bonds is 16. The van der Waals surface area contributed by atoms with E-state index in [1.807, 2.05) is 12.1 Å². The molecule has 3 heterocycles. The number of hydrogen-bond acceptors (Lipinski definition) is 15. The third-order valence-electron chi connectivity index (χ3n) is 11.7. The van der Waals surface area contributed by atoms with E-state index in [9.17, 15) is 9.90 Å². The number of hydrogen-bond donors (Lipinski definition) is 3. The average molecular weight is 980 g/mol. The van der Waals surface area contributed by atoms with Crippen LogP contribution in [0.3, 0.4) is 0 Å². The molecule has 0 radical (unpaired) electrons. The molecule has 1 fully saturated rings. The van der Waals surface area contributed by atoms with E-state index in [0.29, 0.717) is 45.0 Å². The molecule has 4 N–H and O–H groups in total. The van der Waals surface area contributed by atoms with Crippen LogP contribution >= 0.6 is 0 Å². The number of carbonyl (C=O) groups is 1. The van der Waals surface area contributed by atoms with Crippen LogP contribution in [0, 0.1) is 0 Å². The number of aliphatic hydroxyl groups is 1. The van der Waals surface area contributed by atoms with Gasteiger partial charge >= 0.3 is 6.09 Å². The summed E-state index contributed by atoms with van der Waals surface area (Å²) in [4.78, 5) is 22.3. The number of imidazole rings is 1. The number of nitrogen functional groups attached to an aromatic ring is 1. The molecule has 2 aromatic heterocycles. The van der Waals surface area contributed by atoms with Gasteiger partial charge in [-0.15, -0.1) is 10.2 Å². The van der Waals surface area contributed by atoms with E-state index in [0.717, 1.165) is 5.56 Å². The van der Waals surface area contributed by atoms with Crippen molar-refractivity contribution in [3.8, 4) is 39.8 Å². The van der Waals surface area contributed by atoms with Gasteiger partial charge in [-0.3, -0.25) is 0 Å². The zero-order chi connectivity index (χ0) is 49.3. The molecule has 2 atom stereocenters. The first-order valence-electron chi connectivity index (χ1n) is 21.9. The van der Waals surface area contributed by atoms with Crippen LogP contribution in [0.2, 0.25) is 0 Å². The second-order valence-corrected chi connectivity index (χ2v) is 21.5. The maximum atomic E-state index is 16.3. The fraction of sp³-hybridized carbons (Fsp3) is 0.312. The number of sulfonamides is 1. The number of amides is 1. The minimum Gasteiger partial charge on any atom is -0.497 e. The van der Waals surface area contributed by atoms with E-state index in [1.165, 1.54) is 40.4 Å². The second-order valence-electron chi connectivity index (χ2n) is 17.5. The van der Waals surface area contributed by atoms with Crippen molar-refractivity contribution in [3.05, 3.63) is 120 Å². The number of likely N-dealkylation sites (tertiary alicyclic amines) is 1. The van der Waals surface area contributed by atoms with Crippen LogP contribution in [-0.2, 0) is 44.2 Å². The number of aromatic amines is 1. The van der Waals surface area contributed by atoms with Gasteiger partial charge in [0.05, 0.1) is 67.3 Å². The number of fused-ring (bicyclic) bond motifs is 1. The van der Waals surface area contributed by atoms with E-state index >= 15 is 16.8 Å². The van der Waals surface area contributed by atoms with Gasteiger partial charge in [0.15, 0.2) is 15.8 Å². The van der Waals surface area contributed by atoms with Crippen LogP contribution in [0.1, 0.15) is 43.9 Å². The Labute approximate surface area is 399 Å². The van der Waals surface area contributed by atoms with Gasteiger partial charge in [-0.1, -0.05) is 54.6 Å². The highest BCUT2D eigenvalue weighted by atomic mass is 32.2. The standard InChI is InChI=1S/C48H53N9O10S2/c1-48(2,3)67-47(59)56-28-37(24-33(56)29-58)68(60,61)41-23-22-38(39-8-7-9-40-43(39)51-46(49)50-40)42(45-52-54-57(53-45)27-32-14-20-36(66-6)21-15-32)44(41)69(62,63)55(25-30-10-16-34(64-4)17-11-30)26-31-12-18-35(65-5)19-13-31/h7-23,33,37,58H,24-29H2,1-6H3,(H3,49,50,51). The van der Waals surface area contributed by atoms with E-state index < -0.39 is 65.8 Å². The molecule has 1 aliphatic rings. The number of nitrogens with two attached hydrogens (primary N) is 1. The number of benzene rings is 5. The molecular weight excluding hydrogens is 927 g/mol. The number of nitrogens with zero attached hydrogens (tertiary/aromatic N) is 7. The highest BCUT2D eigenvalue weighted by Gasteiger charge is 2.47. The minimum atomic E-state index is -5.01. The Morgan fingerprint density at radius 3 is 1.94 bits per heavy atom. The average Bonchev–Trinajstić information content (AvgIpc) is 4.09. The number of para-hydroxylation sites is 1. The van der Waals surface area contributed by atoms with Crippen LogP contribution in [0.5, 0.6) is 17.2 Å². The maximum absolute atomic E-state index is 16.3. The first-order chi connectivity index (χ1) is 32.9. The van der Waals surface area contributed by atoms with E-state index in [2.05, 4.69) is 20.3 Å². The number of ether oxygens (including phenoxy) is 4. The largest absolute Gasteiger partial charge is 0.497 e. The molecule has 5 aromatic carbocycles. The molecule has 362 valence electrons. The first kappa shape index (κ1) is 48.4. The van der Waals surface area contributed by atoms with Crippen molar-refractivity contribution in [3.63, 3.8) is 0 Å². The molecule has 21 heteroatoms. The second kappa shape index (κ2) is 19.5. The Morgan fingerprint density at radius 1 is 0.812 bits per heavy atom. The number of methoxy groups -OCH3 is 3. The Kier molecular flexibility index (Phi) is 13.7.